The number of hydrogen-bond acceptors (Lipinski definition) is 4. The summed E-state index contributed by atoms with van der Waals surface area (Å²) in [6.07, 6.45) is 6.84. The second kappa shape index (κ2) is 9.61. The van der Waals surface area contributed by atoms with Gasteiger partial charge in [0.2, 0.25) is 0 Å². The van der Waals surface area contributed by atoms with Gasteiger partial charge in [0, 0.05) is 6.54 Å². The molecule has 0 amide bonds. The quantitative estimate of drug-likeness (QED) is 0.349. The molecule has 0 aromatic heterocycles. The van der Waals surface area contributed by atoms with Crippen LogP contribution in [0.3, 0.4) is 0 Å². The summed E-state index contributed by atoms with van der Waals surface area (Å²) < 4.78 is 10.9. The molecule has 0 aliphatic rings. The minimum atomic E-state index is 0.200. The molecule has 0 heterocycles. The highest BCUT2D eigenvalue weighted by molar-refractivity contribution is 7.80. The third-order valence-electron chi connectivity index (χ3n) is 2.30. The number of nitrogens with zero attached hydrogens (tertiary/aromatic N) is 1. The van der Waals surface area contributed by atoms with Gasteiger partial charge in [-0.3, -0.25) is 5.43 Å². The van der Waals surface area contributed by atoms with Crippen LogP contribution in [0.15, 0.2) is 23.3 Å². The number of rotatable bonds is 7. The van der Waals surface area contributed by atoms with Crippen molar-refractivity contribution in [2.24, 2.45) is 5.10 Å². The average Bonchev–Trinajstić information content (AvgIpc) is 2.47. The molecule has 0 saturated heterocycles. The van der Waals surface area contributed by atoms with Crippen molar-refractivity contribution in [2.45, 2.75) is 13.8 Å². The van der Waals surface area contributed by atoms with Gasteiger partial charge in [-0.2, -0.15) is 5.10 Å². The molecule has 0 aliphatic heterocycles. The first-order valence-corrected chi connectivity index (χ1v) is 7.02. The number of hydrogen-bond donors (Lipinski definition) is 2. The Morgan fingerprint density at radius 1 is 1.38 bits per heavy atom. The van der Waals surface area contributed by atoms with Crippen LogP contribution in [0.25, 0.3) is 0 Å². The van der Waals surface area contributed by atoms with Crippen LogP contribution in [0.1, 0.15) is 19.4 Å². The van der Waals surface area contributed by atoms with Crippen molar-refractivity contribution in [3.8, 4) is 23.8 Å². The smallest absolute Gasteiger partial charge is 0.186 e. The van der Waals surface area contributed by atoms with E-state index in [4.69, 9.17) is 28.1 Å². The highest BCUT2D eigenvalue weighted by Gasteiger charge is 2.05. The molecule has 0 aliphatic carbocycles. The Labute approximate surface area is 130 Å². The maximum Gasteiger partial charge on any atom is 0.186 e. The van der Waals surface area contributed by atoms with E-state index >= 15 is 0 Å². The van der Waals surface area contributed by atoms with Crippen molar-refractivity contribution >= 4 is 23.5 Å². The zero-order valence-electron chi connectivity index (χ0n) is 12.2. The van der Waals surface area contributed by atoms with E-state index in [1.165, 1.54) is 0 Å². The van der Waals surface area contributed by atoms with Crippen molar-refractivity contribution in [1.82, 2.24) is 10.7 Å². The average molecular weight is 305 g/mol. The van der Waals surface area contributed by atoms with E-state index in [2.05, 4.69) is 21.8 Å². The first-order valence-electron chi connectivity index (χ1n) is 6.61. The van der Waals surface area contributed by atoms with Gasteiger partial charge in [0.1, 0.15) is 6.61 Å². The van der Waals surface area contributed by atoms with E-state index in [0.717, 1.165) is 12.1 Å². The molecule has 0 bridgehead atoms. The SMILES string of the molecule is C#CCOc1ccc(/C=N\NC(=S)NCC)cc1OCC. The molecule has 0 spiro atoms. The fourth-order valence-corrected chi connectivity index (χ4v) is 1.67. The van der Waals surface area contributed by atoms with E-state index in [-0.39, 0.29) is 6.61 Å². The number of hydrazone groups is 1. The molecule has 0 atom stereocenters. The van der Waals surface area contributed by atoms with Crippen molar-refractivity contribution < 1.29 is 9.47 Å². The van der Waals surface area contributed by atoms with Crippen LogP contribution in [0.4, 0.5) is 0 Å². The Balaban J connectivity index is 2.75. The summed E-state index contributed by atoms with van der Waals surface area (Å²) in [5.74, 6) is 3.67. The monoisotopic (exact) mass is 305 g/mol. The van der Waals surface area contributed by atoms with Gasteiger partial charge in [-0.05, 0) is 49.8 Å². The van der Waals surface area contributed by atoms with Gasteiger partial charge < -0.3 is 14.8 Å². The van der Waals surface area contributed by atoms with Crippen molar-refractivity contribution in [2.75, 3.05) is 19.8 Å². The maximum atomic E-state index is 5.53. The van der Waals surface area contributed by atoms with Crippen LogP contribution in [0.2, 0.25) is 0 Å². The lowest BCUT2D eigenvalue weighted by Gasteiger charge is -2.10. The van der Waals surface area contributed by atoms with E-state index in [0.29, 0.717) is 23.2 Å². The highest BCUT2D eigenvalue weighted by Crippen LogP contribution is 2.27. The largest absolute Gasteiger partial charge is 0.490 e. The van der Waals surface area contributed by atoms with Crippen LogP contribution < -0.4 is 20.2 Å². The normalized spacial score (nSPS) is 9.95. The molecule has 0 fully saturated rings. The molecule has 1 aromatic rings. The van der Waals surface area contributed by atoms with Crippen LogP contribution in [0, 0.1) is 12.3 Å². The summed E-state index contributed by atoms with van der Waals surface area (Å²) in [6, 6.07) is 5.49. The van der Waals surface area contributed by atoms with Crippen molar-refractivity contribution in [1.29, 1.82) is 0 Å². The molecule has 1 aromatic carbocycles. The third kappa shape index (κ3) is 6.15. The van der Waals surface area contributed by atoms with Gasteiger partial charge in [-0.25, -0.2) is 0 Å². The lowest BCUT2D eigenvalue weighted by Crippen LogP contribution is -2.31. The number of ether oxygens (including phenoxy) is 2. The number of terminal acetylenes is 1. The van der Waals surface area contributed by atoms with E-state index in [9.17, 15) is 0 Å². The Morgan fingerprint density at radius 3 is 2.86 bits per heavy atom. The molecule has 0 unspecified atom stereocenters. The molecular formula is C15H19N3O2S. The highest BCUT2D eigenvalue weighted by atomic mass is 32.1. The predicted molar refractivity (Wildman–Crippen MR) is 88.9 cm³/mol. The fourth-order valence-electron chi connectivity index (χ4n) is 1.48. The second-order valence-electron chi connectivity index (χ2n) is 3.86. The van der Waals surface area contributed by atoms with Gasteiger partial charge >= 0.3 is 0 Å². The second-order valence-corrected chi connectivity index (χ2v) is 4.27. The molecule has 0 saturated carbocycles. The number of benzene rings is 1. The van der Waals surface area contributed by atoms with Gasteiger partial charge in [0.25, 0.3) is 0 Å². The van der Waals surface area contributed by atoms with Crippen molar-refractivity contribution in [3.63, 3.8) is 0 Å². The molecular weight excluding hydrogens is 286 g/mol. The standard InChI is InChI=1S/C15H19N3O2S/c1-4-9-20-13-8-7-12(10-14(13)19-6-3)11-17-18-15(21)16-5-2/h1,7-8,10-11H,5-6,9H2,2-3H3,(H2,16,18,21)/b17-11-. The number of thiocarbonyl (C=S) groups is 1. The lowest BCUT2D eigenvalue weighted by atomic mass is 10.2. The summed E-state index contributed by atoms with van der Waals surface area (Å²) in [5.41, 5.74) is 3.58. The summed E-state index contributed by atoms with van der Waals surface area (Å²) in [4.78, 5) is 0. The topological polar surface area (TPSA) is 54.9 Å². The Hall–Kier alpha value is -2.26. The molecule has 21 heavy (non-hydrogen) atoms. The summed E-state index contributed by atoms with van der Waals surface area (Å²) in [6.45, 7) is 5.35. The van der Waals surface area contributed by atoms with Gasteiger partial charge in [-0.15, -0.1) is 6.42 Å². The summed E-state index contributed by atoms with van der Waals surface area (Å²) >= 11 is 5.01. The Morgan fingerprint density at radius 2 is 2.19 bits per heavy atom. The molecule has 112 valence electrons. The molecule has 5 nitrogen and oxygen atoms in total. The Bertz CT molecular complexity index is 538. The lowest BCUT2D eigenvalue weighted by molar-refractivity contribution is 0.299. The summed E-state index contributed by atoms with van der Waals surface area (Å²) in [5, 5.41) is 7.46. The van der Waals surface area contributed by atoms with Gasteiger partial charge in [0.05, 0.1) is 12.8 Å². The zero-order valence-corrected chi connectivity index (χ0v) is 13.0. The number of nitrogens with one attached hydrogen (secondary N) is 2. The van der Waals surface area contributed by atoms with E-state index in [1.54, 1.807) is 12.3 Å². The third-order valence-corrected chi connectivity index (χ3v) is 2.53. The molecule has 0 radical (unpaired) electrons. The van der Waals surface area contributed by atoms with Gasteiger partial charge in [-0.1, -0.05) is 5.92 Å². The molecule has 6 heteroatoms. The van der Waals surface area contributed by atoms with Crippen LogP contribution in [-0.2, 0) is 0 Å². The summed E-state index contributed by atoms with van der Waals surface area (Å²) in [7, 11) is 0. The minimum Gasteiger partial charge on any atom is -0.490 e. The van der Waals surface area contributed by atoms with Crippen LogP contribution in [0.5, 0.6) is 11.5 Å². The predicted octanol–water partition coefficient (Wildman–Crippen LogP) is 1.92. The van der Waals surface area contributed by atoms with E-state index in [1.807, 2.05) is 26.0 Å². The van der Waals surface area contributed by atoms with Crippen LogP contribution >= 0.6 is 12.2 Å². The molecule has 2 N–H and O–H groups in total. The first kappa shape index (κ1) is 16.8. The maximum absolute atomic E-state index is 5.53. The first-order chi connectivity index (χ1) is 10.2. The fraction of sp³-hybridized carbons (Fsp3) is 0.333. The van der Waals surface area contributed by atoms with Gasteiger partial charge in [0.15, 0.2) is 16.6 Å². The van der Waals surface area contributed by atoms with Crippen LogP contribution in [-0.4, -0.2) is 31.1 Å². The Kier molecular flexibility index (Phi) is 7.69. The van der Waals surface area contributed by atoms with E-state index < -0.39 is 0 Å². The zero-order chi connectivity index (χ0) is 15.5. The molecule has 1 rings (SSSR count). The van der Waals surface area contributed by atoms with Crippen molar-refractivity contribution in [3.05, 3.63) is 23.8 Å². The minimum absolute atomic E-state index is 0.200.